The van der Waals surface area contributed by atoms with Crippen molar-refractivity contribution in [1.82, 2.24) is 4.90 Å². The second-order valence-electron chi connectivity index (χ2n) is 3.83. The number of nitrogens with zero attached hydrogens (tertiary/aromatic N) is 2. The lowest BCUT2D eigenvalue weighted by Gasteiger charge is -2.15. The summed E-state index contributed by atoms with van der Waals surface area (Å²) in [4.78, 5) is 1.96. The first kappa shape index (κ1) is 11.3. The van der Waals surface area contributed by atoms with Crippen molar-refractivity contribution in [1.29, 1.82) is 5.26 Å². The Labute approximate surface area is 91.4 Å². The number of benzene rings is 1. The minimum Gasteiger partial charge on any atom is -0.380 e. The molecule has 0 amide bonds. The largest absolute Gasteiger partial charge is 0.380 e. The molecule has 0 aliphatic rings. The fourth-order valence-electron chi connectivity index (χ4n) is 1.30. The summed E-state index contributed by atoms with van der Waals surface area (Å²) < 4.78 is 0. The Morgan fingerprint density at radius 3 is 2.13 bits per heavy atom. The Morgan fingerprint density at radius 1 is 1.20 bits per heavy atom. The highest BCUT2D eigenvalue weighted by molar-refractivity contribution is 5.78. The molecule has 0 saturated heterocycles. The second-order valence-corrected chi connectivity index (χ2v) is 3.83. The molecule has 78 valence electrons. The topological polar surface area (TPSA) is 27.0 Å². The molecule has 1 aromatic carbocycles. The van der Waals surface area contributed by atoms with E-state index in [1.54, 1.807) is 0 Å². The summed E-state index contributed by atoms with van der Waals surface area (Å²) in [5, 5.41) is 9.13. The van der Waals surface area contributed by atoms with Gasteiger partial charge < -0.3 is 4.90 Å². The van der Waals surface area contributed by atoms with Crippen LogP contribution in [0.25, 0.3) is 5.57 Å². The quantitative estimate of drug-likeness (QED) is 0.686. The van der Waals surface area contributed by atoms with Crippen LogP contribution >= 0.6 is 0 Å². The number of hydrogen-bond acceptors (Lipinski definition) is 2. The molecule has 0 radical (unpaired) electrons. The van der Waals surface area contributed by atoms with Gasteiger partial charge >= 0.3 is 0 Å². The lowest BCUT2D eigenvalue weighted by atomic mass is 10.0. The average Bonchev–Trinajstić information content (AvgIpc) is 2.21. The number of aryl methyl sites for hydroxylation is 1. The van der Waals surface area contributed by atoms with Crippen LogP contribution in [0.3, 0.4) is 0 Å². The van der Waals surface area contributed by atoms with Gasteiger partial charge in [-0.15, -0.1) is 0 Å². The van der Waals surface area contributed by atoms with Crippen molar-refractivity contribution in [3.8, 4) is 6.07 Å². The van der Waals surface area contributed by atoms with Crippen LogP contribution in [0.5, 0.6) is 0 Å². The van der Waals surface area contributed by atoms with Crippen LogP contribution in [0.2, 0.25) is 0 Å². The summed E-state index contributed by atoms with van der Waals surface area (Å²) in [6, 6.07) is 10.3. The van der Waals surface area contributed by atoms with Crippen LogP contribution in [0.1, 0.15) is 18.1 Å². The zero-order valence-electron chi connectivity index (χ0n) is 9.70. The van der Waals surface area contributed by atoms with E-state index >= 15 is 0 Å². The summed E-state index contributed by atoms with van der Waals surface area (Å²) in [7, 11) is 3.89. The van der Waals surface area contributed by atoms with Crippen molar-refractivity contribution >= 4 is 5.57 Å². The predicted octanol–water partition coefficient (Wildman–Crippen LogP) is 2.81. The maximum atomic E-state index is 9.13. The highest BCUT2D eigenvalue weighted by atomic mass is 15.1. The van der Waals surface area contributed by atoms with Gasteiger partial charge in [0, 0.05) is 19.8 Å². The Kier molecular flexibility index (Phi) is 3.51. The molecule has 0 fully saturated rings. The first-order valence-electron chi connectivity index (χ1n) is 4.91. The van der Waals surface area contributed by atoms with Gasteiger partial charge in [0.1, 0.15) is 6.07 Å². The van der Waals surface area contributed by atoms with Crippen molar-refractivity contribution in [3.63, 3.8) is 0 Å². The zero-order valence-corrected chi connectivity index (χ0v) is 9.70. The molecule has 1 rings (SSSR count). The molecular formula is C13H16N2. The van der Waals surface area contributed by atoms with Crippen molar-refractivity contribution in [2.24, 2.45) is 0 Å². The zero-order chi connectivity index (χ0) is 11.4. The fraction of sp³-hybridized carbons (Fsp3) is 0.308. The van der Waals surface area contributed by atoms with Crippen LogP contribution < -0.4 is 0 Å². The summed E-state index contributed by atoms with van der Waals surface area (Å²) in [5.74, 6) is 0. The third-order valence-electron chi connectivity index (χ3n) is 2.48. The van der Waals surface area contributed by atoms with E-state index in [1.807, 2.05) is 57.1 Å². The fourth-order valence-corrected chi connectivity index (χ4v) is 1.30. The Bertz CT molecular complexity index is 405. The minimum absolute atomic E-state index is 0.736. The van der Waals surface area contributed by atoms with Gasteiger partial charge in [-0.1, -0.05) is 29.8 Å². The Balaban J connectivity index is 3.21. The van der Waals surface area contributed by atoms with E-state index in [9.17, 15) is 0 Å². The molecule has 0 heterocycles. The molecule has 0 unspecified atom stereocenters. The molecule has 2 nitrogen and oxygen atoms in total. The van der Waals surface area contributed by atoms with Gasteiger partial charge in [-0.2, -0.15) is 5.26 Å². The Hall–Kier alpha value is -1.75. The molecule has 0 atom stereocenters. The smallest absolute Gasteiger partial charge is 0.102 e. The minimum atomic E-state index is 0.736. The summed E-state index contributed by atoms with van der Waals surface area (Å²) in [6.07, 6.45) is 0. The third kappa shape index (κ3) is 2.60. The van der Waals surface area contributed by atoms with Gasteiger partial charge in [0.05, 0.1) is 5.57 Å². The molecule has 2 heteroatoms. The van der Waals surface area contributed by atoms with Gasteiger partial charge in [-0.3, -0.25) is 0 Å². The third-order valence-corrected chi connectivity index (χ3v) is 2.48. The standard InChI is InChI=1S/C13H16N2/c1-10-5-7-12(8-6-10)13(9-14)11(2)15(3)4/h5-8H,1-4H3/b13-11+. The average molecular weight is 200 g/mol. The molecule has 0 N–H and O–H groups in total. The SMILES string of the molecule is C/C(=C(/C#N)c1ccc(C)cc1)N(C)C. The van der Waals surface area contributed by atoms with Crippen molar-refractivity contribution in [2.75, 3.05) is 14.1 Å². The van der Waals surface area contributed by atoms with Crippen LogP contribution in [-0.4, -0.2) is 19.0 Å². The molecule has 0 spiro atoms. The van der Waals surface area contributed by atoms with E-state index in [-0.39, 0.29) is 0 Å². The van der Waals surface area contributed by atoms with E-state index < -0.39 is 0 Å². The number of rotatable bonds is 2. The molecule has 0 aliphatic carbocycles. The Morgan fingerprint density at radius 2 is 1.73 bits per heavy atom. The van der Waals surface area contributed by atoms with Crippen molar-refractivity contribution in [2.45, 2.75) is 13.8 Å². The van der Waals surface area contributed by atoms with Crippen molar-refractivity contribution < 1.29 is 0 Å². The maximum Gasteiger partial charge on any atom is 0.102 e. The maximum absolute atomic E-state index is 9.13. The van der Waals surface area contributed by atoms with Gasteiger partial charge in [0.15, 0.2) is 0 Å². The summed E-state index contributed by atoms with van der Waals surface area (Å²) >= 11 is 0. The lowest BCUT2D eigenvalue weighted by Crippen LogP contribution is -2.10. The molecule has 0 saturated carbocycles. The van der Waals surface area contributed by atoms with Gasteiger partial charge in [0.25, 0.3) is 0 Å². The first-order chi connectivity index (χ1) is 7.06. The molecule has 0 bridgehead atoms. The van der Waals surface area contributed by atoms with Gasteiger partial charge in [-0.05, 0) is 19.4 Å². The number of allylic oxidation sites excluding steroid dienone is 2. The number of hydrogen-bond donors (Lipinski definition) is 0. The summed E-state index contributed by atoms with van der Waals surface area (Å²) in [6.45, 7) is 4.00. The van der Waals surface area contributed by atoms with Gasteiger partial charge in [-0.25, -0.2) is 0 Å². The highest BCUT2D eigenvalue weighted by Crippen LogP contribution is 2.19. The molecule has 0 aliphatic heterocycles. The molecule has 0 aromatic heterocycles. The van der Waals surface area contributed by atoms with Crippen LogP contribution in [0.4, 0.5) is 0 Å². The second kappa shape index (κ2) is 4.65. The lowest BCUT2D eigenvalue weighted by molar-refractivity contribution is 0.517. The van der Waals surface area contributed by atoms with E-state index in [2.05, 4.69) is 6.07 Å². The molecule has 1 aromatic rings. The predicted molar refractivity (Wildman–Crippen MR) is 63.1 cm³/mol. The highest BCUT2D eigenvalue weighted by Gasteiger charge is 2.06. The van der Waals surface area contributed by atoms with E-state index in [4.69, 9.17) is 5.26 Å². The van der Waals surface area contributed by atoms with Crippen LogP contribution in [0.15, 0.2) is 30.0 Å². The number of nitriles is 1. The van der Waals surface area contributed by atoms with Crippen molar-refractivity contribution in [3.05, 3.63) is 41.1 Å². The first-order valence-corrected chi connectivity index (χ1v) is 4.91. The van der Waals surface area contributed by atoms with Crippen LogP contribution in [0, 0.1) is 18.3 Å². The van der Waals surface area contributed by atoms with Gasteiger partial charge in [0.2, 0.25) is 0 Å². The summed E-state index contributed by atoms with van der Waals surface area (Å²) in [5.41, 5.74) is 3.91. The van der Waals surface area contributed by atoms with E-state index in [0.717, 1.165) is 16.8 Å². The monoisotopic (exact) mass is 200 g/mol. The van der Waals surface area contributed by atoms with E-state index in [0.29, 0.717) is 0 Å². The molecule has 15 heavy (non-hydrogen) atoms. The molecular weight excluding hydrogens is 184 g/mol. The van der Waals surface area contributed by atoms with Crippen LogP contribution in [-0.2, 0) is 0 Å². The normalized spacial score (nSPS) is 11.7. The van der Waals surface area contributed by atoms with E-state index in [1.165, 1.54) is 5.56 Å².